The molecule has 0 spiro atoms. The fourth-order valence-electron chi connectivity index (χ4n) is 2.39. The Morgan fingerprint density at radius 2 is 1.96 bits per heavy atom. The summed E-state index contributed by atoms with van der Waals surface area (Å²) in [7, 11) is 0. The van der Waals surface area contributed by atoms with Crippen molar-refractivity contribution < 1.29 is 14.3 Å². The molecule has 0 saturated heterocycles. The summed E-state index contributed by atoms with van der Waals surface area (Å²) < 4.78 is 14.8. The van der Waals surface area contributed by atoms with Gasteiger partial charge >= 0.3 is 0 Å². The maximum atomic E-state index is 13.1. The Kier molecular flexibility index (Phi) is 6.09. The van der Waals surface area contributed by atoms with Gasteiger partial charge in [0, 0.05) is 23.9 Å². The summed E-state index contributed by atoms with van der Waals surface area (Å²) in [4.78, 5) is 11.9. The smallest absolute Gasteiger partial charge is 0.244 e. The van der Waals surface area contributed by atoms with Crippen LogP contribution in [0, 0.1) is 25.6 Å². The Labute approximate surface area is 147 Å². The second kappa shape index (κ2) is 8.07. The van der Waals surface area contributed by atoms with E-state index in [0.29, 0.717) is 0 Å². The van der Waals surface area contributed by atoms with Crippen LogP contribution in [0.5, 0.6) is 0 Å². The van der Waals surface area contributed by atoms with Crippen LogP contribution in [0.25, 0.3) is 11.8 Å². The van der Waals surface area contributed by atoms with Crippen molar-refractivity contribution in [1.29, 1.82) is 0 Å². The number of aromatic nitrogens is 2. The summed E-state index contributed by atoms with van der Waals surface area (Å²) in [5, 5.41) is 16.8. The minimum atomic E-state index is -0.568. The first-order valence-electron chi connectivity index (χ1n) is 8.25. The maximum Gasteiger partial charge on any atom is 0.244 e. The van der Waals surface area contributed by atoms with Crippen LogP contribution in [-0.2, 0) is 4.79 Å². The Hall–Kier alpha value is -2.47. The van der Waals surface area contributed by atoms with E-state index in [0.717, 1.165) is 22.6 Å². The molecule has 2 N–H and O–H groups in total. The molecule has 0 saturated carbocycles. The summed E-state index contributed by atoms with van der Waals surface area (Å²) in [6.07, 6.45) is 2.57. The van der Waals surface area contributed by atoms with Gasteiger partial charge in [0.15, 0.2) is 0 Å². The number of amides is 1. The Morgan fingerprint density at radius 1 is 1.32 bits per heavy atom. The Balaban J connectivity index is 2.12. The predicted octanol–water partition coefficient (Wildman–Crippen LogP) is 2.77. The highest BCUT2D eigenvalue weighted by atomic mass is 19.1. The number of halogens is 1. The number of aliphatic hydroxyl groups is 1. The number of benzene rings is 1. The Morgan fingerprint density at radius 3 is 2.56 bits per heavy atom. The van der Waals surface area contributed by atoms with E-state index in [1.807, 2.05) is 27.7 Å². The fraction of sp³-hybridized carbons (Fsp3) is 0.368. The van der Waals surface area contributed by atoms with Crippen molar-refractivity contribution in [3.05, 3.63) is 53.1 Å². The third-order valence-corrected chi connectivity index (χ3v) is 4.07. The van der Waals surface area contributed by atoms with Crippen LogP contribution in [0.3, 0.4) is 0 Å². The number of hydrogen-bond donors (Lipinski definition) is 2. The molecule has 6 heteroatoms. The summed E-state index contributed by atoms with van der Waals surface area (Å²) in [5.74, 6) is -0.485. The fourth-order valence-corrected chi connectivity index (χ4v) is 2.39. The number of aliphatic hydroxyl groups excluding tert-OH is 1. The molecule has 0 aliphatic rings. The van der Waals surface area contributed by atoms with Crippen molar-refractivity contribution in [3.8, 4) is 5.69 Å². The minimum absolute atomic E-state index is 0.0858. The standard InChI is InChI=1S/C19H24FN3O2/c1-12(2)18(24)11-21-19(25)10-9-17-13(3)22-23(14(17)4)16-7-5-15(20)6-8-16/h5-10,12,18,24H,11H2,1-4H3,(H,21,25)/b10-9+. The summed E-state index contributed by atoms with van der Waals surface area (Å²) in [6, 6.07) is 6.08. The van der Waals surface area contributed by atoms with Crippen LogP contribution in [0.4, 0.5) is 4.39 Å². The number of carbonyl (C=O) groups excluding carboxylic acids is 1. The molecule has 1 atom stereocenters. The van der Waals surface area contributed by atoms with E-state index in [-0.39, 0.29) is 24.2 Å². The molecule has 0 aliphatic heterocycles. The third-order valence-electron chi connectivity index (χ3n) is 4.07. The molecule has 1 unspecified atom stereocenters. The van der Waals surface area contributed by atoms with Gasteiger partial charge < -0.3 is 10.4 Å². The third kappa shape index (κ3) is 4.76. The van der Waals surface area contributed by atoms with Crippen LogP contribution in [0.15, 0.2) is 30.3 Å². The average Bonchev–Trinajstić information content (AvgIpc) is 2.85. The molecule has 0 aliphatic carbocycles. The van der Waals surface area contributed by atoms with Crippen LogP contribution < -0.4 is 5.32 Å². The number of nitrogens with zero attached hydrogens (tertiary/aromatic N) is 2. The summed E-state index contributed by atoms with van der Waals surface area (Å²) >= 11 is 0. The molecule has 25 heavy (non-hydrogen) atoms. The molecule has 2 aromatic rings. The van der Waals surface area contributed by atoms with Gasteiger partial charge in [-0.25, -0.2) is 9.07 Å². The van der Waals surface area contributed by atoms with Crippen molar-refractivity contribution in [1.82, 2.24) is 15.1 Å². The zero-order valence-corrected chi connectivity index (χ0v) is 15.0. The van der Waals surface area contributed by atoms with Crippen molar-refractivity contribution in [2.24, 2.45) is 5.92 Å². The van der Waals surface area contributed by atoms with Gasteiger partial charge in [-0.1, -0.05) is 13.8 Å². The first-order valence-corrected chi connectivity index (χ1v) is 8.25. The van der Waals surface area contributed by atoms with Gasteiger partial charge in [-0.2, -0.15) is 5.10 Å². The molecular formula is C19H24FN3O2. The van der Waals surface area contributed by atoms with Crippen molar-refractivity contribution >= 4 is 12.0 Å². The molecule has 1 aromatic heterocycles. The molecular weight excluding hydrogens is 321 g/mol. The lowest BCUT2D eigenvalue weighted by molar-refractivity contribution is -0.117. The quantitative estimate of drug-likeness (QED) is 0.791. The minimum Gasteiger partial charge on any atom is -0.391 e. The molecule has 2 rings (SSSR count). The number of carbonyl (C=O) groups is 1. The normalized spacial score (nSPS) is 12.8. The highest BCUT2D eigenvalue weighted by Gasteiger charge is 2.12. The average molecular weight is 345 g/mol. The van der Waals surface area contributed by atoms with Gasteiger partial charge in [-0.15, -0.1) is 0 Å². The largest absolute Gasteiger partial charge is 0.391 e. The molecule has 1 aromatic carbocycles. The topological polar surface area (TPSA) is 67.2 Å². The van der Waals surface area contributed by atoms with E-state index in [9.17, 15) is 14.3 Å². The summed E-state index contributed by atoms with van der Waals surface area (Å²) in [5.41, 5.74) is 3.22. The summed E-state index contributed by atoms with van der Waals surface area (Å²) in [6.45, 7) is 7.75. The highest BCUT2D eigenvalue weighted by molar-refractivity contribution is 5.92. The molecule has 0 radical (unpaired) electrons. The van der Waals surface area contributed by atoms with Gasteiger partial charge in [0.05, 0.1) is 17.5 Å². The van der Waals surface area contributed by atoms with Gasteiger partial charge in [0.1, 0.15) is 5.82 Å². The van der Waals surface area contributed by atoms with Crippen LogP contribution >= 0.6 is 0 Å². The van der Waals surface area contributed by atoms with E-state index < -0.39 is 6.10 Å². The van der Waals surface area contributed by atoms with E-state index in [4.69, 9.17) is 0 Å². The molecule has 5 nitrogen and oxygen atoms in total. The van der Waals surface area contributed by atoms with E-state index in [1.165, 1.54) is 18.2 Å². The zero-order chi connectivity index (χ0) is 18.6. The van der Waals surface area contributed by atoms with Gasteiger partial charge in [-0.05, 0) is 50.1 Å². The maximum absolute atomic E-state index is 13.1. The lowest BCUT2D eigenvalue weighted by Gasteiger charge is -2.13. The highest BCUT2D eigenvalue weighted by Crippen LogP contribution is 2.19. The molecule has 0 bridgehead atoms. The second-order valence-corrected chi connectivity index (χ2v) is 6.36. The number of aryl methyl sites for hydroxylation is 1. The number of nitrogens with one attached hydrogen (secondary N) is 1. The predicted molar refractivity (Wildman–Crippen MR) is 95.9 cm³/mol. The lowest BCUT2D eigenvalue weighted by atomic mass is 10.1. The number of rotatable bonds is 6. The van der Waals surface area contributed by atoms with Crippen molar-refractivity contribution in [2.75, 3.05) is 6.54 Å². The first-order chi connectivity index (χ1) is 11.8. The second-order valence-electron chi connectivity index (χ2n) is 6.36. The molecule has 1 amide bonds. The van der Waals surface area contributed by atoms with Crippen LogP contribution in [0.1, 0.15) is 30.8 Å². The van der Waals surface area contributed by atoms with Crippen LogP contribution in [0.2, 0.25) is 0 Å². The van der Waals surface area contributed by atoms with Gasteiger partial charge in [0.25, 0.3) is 0 Å². The van der Waals surface area contributed by atoms with Gasteiger partial charge in [0.2, 0.25) is 5.91 Å². The van der Waals surface area contributed by atoms with Gasteiger partial charge in [-0.3, -0.25) is 4.79 Å². The van der Waals surface area contributed by atoms with Crippen molar-refractivity contribution in [3.63, 3.8) is 0 Å². The van der Waals surface area contributed by atoms with E-state index >= 15 is 0 Å². The number of hydrogen-bond acceptors (Lipinski definition) is 3. The van der Waals surface area contributed by atoms with E-state index in [1.54, 1.807) is 22.9 Å². The lowest BCUT2D eigenvalue weighted by Crippen LogP contribution is -2.33. The monoisotopic (exact) mass is 345 g/mol. The van der Waals surface area contributed by atoms with Crippen molar-refractivity contribution in [2.45, 2.75) is 33.8 Å². The molecule has 0 fully saturated rings. The molecule has 1 heterocycles. The first kappa shape index (κ1) is 18.9. The Bertz CT molecular complexity index is 764. The zero-order valence-electron chi connectivity index (χ0n) is 15.0. The molecule has 134 valence electrons. The van der Waals surface area contributed by atoms with Crippen LogP contribution in [-0.4, -0.2) is 33.4 Å². The SMILES string of the molecule is Cc1nn(-c2ccc(F)cc2)c(C)c1/C=C/C(=O)NCC(O)C(C)C. The van der Waals surface area contributed by atoms with E-state index in [2.05, 4.69) is 10.4 Å².